The molecule has 0 unspecified atom stereocenters. The Bertz CT molecular complexity index is 1070. The molecule has 1 saturated heterocycles. The summed E-state index contributed by atoms with van der Waals surface area (Å²) in [6.45, 7) is 4.58. The van der Waals surface area contributed by atoms with Gasteiger partial charge in [-0.15, -0.1) is 0 Å². The smallest absolute Gasteiger partial charge is 0.0383 e. The summed E-state index contributed by atoms with van der Waals surface area (Å²) >= 11 is 0. The molecule has 0 bridgehead atoms. The molecule has 6 rings (SSSR count). The van der Waals surface area contributed by atoms with E-state index in [1.807, 2.05) is 0 Å². The van der Waals surface area contributed by atoms with Crippen LogP contribution >= 0.6 is 0 Å². The summed E-state index contributed by atoms with van der Waals surface area (Å²) in [6.07, 6.45) is 2.77. The second kappa shape index (κ2) is 5.67. The summed E-state index contributed by atoms with van der Waals surface area (Å²) in [5.74, 6) is 0.839. The molecular formula is C24H24N2. The average Bonchev–Trinajstić information content (AvgIpc) is 3.53. The quantitative estimate of drug-likeness (QED) is 0.531. The van der Waals surface area contributed by atoms with Crippen molar-refractivity contribution in [3.05, 3.63) is 60.2 Å². The predicted octanol–water partition coefficient (Wildman–Crippen LogP) is 4.94. The summed E-state index contributed by atoms with van der Waals surface area (Å²) in [4.78, 5) is 2.74. The Morgan fingerprint density at radius 3 is 2.15 bits per heavy atom. The first-order chi connectivity index (χ1) is 12.9. The first kappa shape index (κ1) is 15.0. The summed E-state index contributed by atoms with van der Waals surface area (Å²) < 4.78 is 0. The summed E-state index contributed by atoms with van der Waals surface area (Å²) in [7, 11) is 0. The number of benzene rings is 4. The van der Waals surface area contributed by atoms with E-state index in [0.29, 0.717) is 6.04 Å². The van der Waals surface area contributed by atoms with Crippen molar-refractivity contribution in [3.63, 3.8) is 0 Å². The van der Waals surface area contributed by atoms with Crippen LogP contribution in [0.2, 0.25) is 0 Å². The van der Waals surface area contributed by atoms with Crippen LogP contribution in [0.3, 0.4) is 0 Å². The van der Waals surface area contributed by atoms with Crippen LogP contribution in [0.4, 0.5) is 0 Å². The van der Waals surface area contributed by atoms with Crippen molar-refractivity contribution >= 4 is 32.3 Å². The highest BCUT2D eigenvalue weighted by Gasteiger charge is 2.37. The molecule has 1 saturated carbocycles. The van der Waals surface area contributed by atoms with Gasteiger partial charge >= 0.3 is 0 Å². The number of nitrogens with one attached hydrogen (secondary N) is 1. The third-order valence-corrected chi connectivity index (χ3v) is 6.49. The van der Waals surface area contributed by atoms with Crippen LogP contribution in [0.5, 0.6) is 0 Å². The zero-order valence-corrected chi connectivity index (χ0v) is 15.0. The molecule has 1 aliphatic heterocycles. The first-order valence-corrected chi connectivity index (χ1v) is 10.0. The molecule has 130 valence electrons. The Labute approximate surface area is 154 Å². The lowest BCUT2D eigenvalue weighted by molar-refractivity contribution is 0.157. The molecule has 1 heterocycles. The van der Waals surface area contributed by atoms with E-state index >= 15 is 0 Å². The molecule has 2 aliphatic rings. The zero-order valence-electron chi connectivity index (χ0n) is 15.0. The van der Waals surface area contributed by atoms with Gasteiger partial charge in [0.05, 0.1) is 0 Å². The maximum atomic E-state index is 3.52. The highest BCUT2D eigenvalue weighted by molar-refractivity contribution is 6.23. The second-order valence-corrected chi connectivity index (χ2v) is 8.08. The minimum Gasteiger partial charge on any atom is -0.314 e. The van der Waals surface area contributed by atoms with Crippen molar-refractivity contribution in [2.75, 3.05) is 26.2 Å². The summed E-state index contributed by atoms with van der Waals surface area (Å²) in [5.41, 5.74) is 1.56. The van der Waals surface area contributed by atoms with E-state index in [1.165, 1.54) is 58.2 Å². The molecule has 0 radical (unpaired) electrons. The second-order valence-electron chi connectivity index (χ2n) is 8.08. The molecule has 2 heteroatoms. The number of hydrogen-bond donors (Lipinski definition) is 1. The van der Waals surface area contributed by atoms with Crippen LogP contribution in [-0.2, 0) is 0 Å². The van der Waals surface area contributed by atoms with Crippen molar-refractivity contribution in [2.45, 2.75) is 18.9 Å². The lowest BCUT2D eigenvalue weighted by Crippen LogP contribution is -2.45. The van der Waals surface area contributed by atoms with Gasteiger partial charge in [0.2, 0.25) is 0 Å². The molecular weight excluding hydrogens is 316 g/mol. The fourth-order valence-corrected chi connectivity index (χ4v) is 5.14. The van der Waals surface area contributed by atoms with Crippen LogP contribution < -0.4 is 5.32 Å². The van der Waals surface area contributed by atoms with E-state index in [1.54, 1.807) is 5.56 Å². The molecule has 0 aromatic heterocycles. The molecule has 0 amide bonds. The van der Waals surface area contributed by atoms with Crippen molar-refractivity contribution in [1.29, 1.82) is 0 Å². The monoisotopic (exact) mass is 340 g/mol. The van der Waals surface area contributed by atoms with Crippen LogP contribution in [-0.4, -0.2) is 31.1 Å². The molecule has 26 heavy (non-hydrogen) atoms. The molecule has 4 aromatic rings. The van der Waals surface area contributed by atoms with Crippen molar-refractivity contribution in [1.82, 2.24) is 10.2 Å². The molecule has 4 aromatic carbocycles. The lowest BCUT2D eigenvalue weighted by Gasteiger charge is -2.36. The Kier molecular flexibility index (Phi) is 3.26. The van der Waals surface area contributed by atoms with Gasteiger partial charge in [-0.05, 0) is 56.6 Å². The van der Waals surface area contributed by atoms with Crippen LogP contribution in [0.1, 0.15) is 24.4 Å². The minimum absolute atomic E-state index is 0.585. The number of rotatable bonds is 3. The van der Waals surface area contributed by atoms with Crippen LogP contribution in [0, 0.1) is 5.92 Å². The molecule has 1 aliphatic carbocycles. The topological polar surface area (TPSA) is 15.3 Å². The third kappa shape index (κ3) is 2.19. The number of piperazine rings is 1. The fraction of sp³-hybridized carbons (Fsp3) is 0.333. The van der Waals surface area contributed by atoms with Gasteiger partial charge < -0.3 is 5.32 Å². The van der Waals surface area contributed by atoms with Crippen molar-refractivity contribution in [2.24, 2.45) is 5.92 Å². The maximum absolute atomic E-state index is 3.52. The Balaban J connectivity index is 1.62. The number of hydrogen-bond acceptors (Lipinski definition) is 2. The van der Waals surface area contributed by atoms with Gasteiger partial charge in [-0.1, -0.05) is 54.6 Å². The van der Waals surface area contributed by atoms with Gasteiger partial charge in [0.15, 0.2) is 0 Å². The zero-order chi connectivity index (χ0) is 17.1. The first-order valence-electron chi connectivity index (χ1n) is 10.0. The Morgan fingerprint density at radius 1 is 0.769 bits per heavy atom. The van der Waals surface area contributed by atoms with Crippen LogP contribution in [0.15, 0.2) is 54.6 Å². The predicted molar refractivity (Wildman–Crippen MR) is 110 cm³/mol. The third-order valence-electron chi connectivity index (χ3n) is 6.49. The Hall–Kier alpha value is -2.16. The lowest BCUT2D eigenvalue weighted by atomic mass is 9.88. The normalized spacial score (nSPS) is 20.3. The van der Waals surface area contributed by atoms with Gasteiger partial charge in [-0.25, -0.2) is 0 Å². The van der Waals surface area contributed by atoms with Gasteiger partial charge in [-0.2, -0.15) is 0 Å². The molecule has 1 N–H and O–H groups in total. The van der Waals surface area contributed by atoms with E-state index in [4.69, 9.17) is 0 Å². The van der Waals surface area contributed by atoms with E-state index in [2.05, 4.69) is 64.8 Å². The van der Waals surface area contributed by atoms with Gasteiger partial charge in [0, 0.05) is 32.2 Å². The van der Waals surface area contributed by atoms with E-state index in [-0.39, 0.29) is 0 Å². The molecule has 1 atom stereocenters. The molecule has 2 fully saturated rings. The minimum atomic E-state index is 0.585. The number of nitrogens with zero attached hydrogens (tertiary/aromatic N) is 1. The van der Waals surface area contributed by atoms with Gasteiger partial charge in [-0.3, -0.25) is 4.90 Å². The maximum Gasteiger partial charge on any atom is 0.0383 e. The van der Waals surface area contributed by atoms with E-state index in [9.17, 15) is 0 Å². The van der Waals surface area contributed by atoms with E-state index in [0.717, 1.165) is 19.0 Å². The summed E-state index contributed by atoms with van der Waals surface area (Å²) in [6, 6.07) is 21.3. The average molecular weight is 340 g/mol. The molecule has 0 spiro atoms. The fourth-order valence-electron chi connectivity index (χ4n) is 5.14. The largest absolute Gasteiger partial charge is 0.314 e. The van der Waals surface area contributed by atoms with Crippen LogP contribution in [0.25, 0.3) is 32.3 Å². The highest BCUT2D eigenvalue weighted by atomic mass is 15.2. The Morgan fingerprint density at radius 2 is 1.42 bits per heavy atom. The summed E-state index contributed by atoms with van der Waals surface area (Å²) in [5, 5.41) is 12.0. The highest BCUT2D eigenvalue weighted by Crippen LogP contribution is 2.48. The van der Waals surface area contributed by atoms with Crippen molar-refractivity contribution in [3.8, 4) is 0 Å². The van der Waals surface area contributed by atoms with Gasteiger partial charge in [0.1, 0.15) is 0 Å². The standard InChI is InChI=1S/C24H24N2/c1-2-16-4-5-18-9-11-21(20-10-8-17(3-1)22(16)23(18)20)24(19-6-7-19)26-14-12-25-13-15-26/h1-5,8-11,19,24-25H,6-7,12-15H2/t24-/m0/s1. The molecule has 2 nitrogen and oxygen atoms in total. The van der Waals surface area contributed by atoms with Gasteiger partial charge in [0.25, 0.3) is 0 Å². The SMILES string of the molecule is c1cc2ccc3ccc([C@H](C4CC4)N4CCNCC4)c4ccc(c1)c2c34. The van der Waals surface area contributed by atoms with Crippen molar-refractivity contribution < 1.29 is 0 Å². The van der Waals surface area contributed by atoms with E-state index < -0.39 is 0 Å².